The van der Waals surface area contributed by atoms with E-state index in [-0.39, 0.29) is 11.7 Å². The summed E-state index contributed by atoms with van der Waals surface area (Å²) in [4.78, 5) is 0.109. The van der Waals surface area contributed by atoms with Crippen LogP contribution in [0.4, 0.5) is 0 Å². The smallest absolute Gasteiger partial charge is 0.231 e. The highest BCUT2D eigenvalue weighted by atomic mass is 32.2. The average molecular weight is 352 g/mol. The first-order chi connectivity index (χ1) is 12.0. The highest BCUT2D eigenvalue weighted by Crippen LogP contribution is 2.64. The summed E-state index contributed by atoms with van der Waals surface area (Å²) >= 11 is 0. The zero-order valence-electron chi connectivity index (χ0n) is 12.9. The number of fused-ring (bicyclic) bond motifs is 1. The maximum Gasteiger partial charge on any atom is 0.231 e. The molecule has 1 aliphatic carbocycles. The lowest BCUT2D eigenvalue weighted by molar-refractivity contribution is 0.174. The number of nitriles is 2. The van der Waals surface area contributed by atoms with Crippen LogP contribution in [-0.2, 0) is 9.84 Å². The van der Waals surface area contributed by atoms with Gasteiger partial charge in [0.15, 0.2) is 26.8 Å². The number of sulfone groups is 1. The lowest BCUT2D eigenvalue weighted by atomic mass is 10.0. The van der Waals surface area contributed by atoms with Crippen molar-refractivity contribution in [3.05, 3.63) is 54.1 Å². The summed E-state index contributed by atoms with van der Waals surface area (Å²) in [5.41, 5.74) is -1.03. The van der Waals surface area contributed by atoms with E-state index in [1.54, 1.807) is 36.4 Å². The van der Waals surface area contributed by atoms with Gasteiger partial charge >= 0.3 is 0 Å². The van der Waals surface area contributed by atoms with Gasteiger partial charge in [-0.3, -0.25) is 0 Å². The third-order valence-corrected chi connectivity index (χ3v) is 6.91. The summed E-state index contributed by atoms with van der Waals surface area (Å²) in [7, 11) is -3.83. The molecule has 2 aromatic carbocycles. The van der Waals surface area contributed by atoms with Crippen molar-refractivity contribution in [2.75, 3.05) is 6.79 Å². The maximum atomic E-state index is 13.0. The molecule has 7 heteroatoms. The summed E-state index contributed by atoms with van der Waals surface area (Å²) in [6.45, 7) is 0.0941. The third kappa shape index (κ3) is 2.10. The number of hydrogen-bond acceptors (Lipinski definition) is 6. The lowest BCUT2D eigenvalue weighted by Gasteiger charge is -2.04. The van der Waals surface area contributed by atoms with Crippen LogP contribution in [0.25, 0.3) is 0 Å². The summed E-state index contributed by atoms with van der Waals surface area (Å²) in [6, 6.07) is 16.8. The molecule has 0 saturated heterocycles. The van der Waals surface area contributed by atoms with Gasteiger partial charge in [0.05, 0.1) is 17.0 Å². The molecule has 2 atom stereocenters. The molecule has 1 heterocycles. The van der Waals surface area contributed by atoms with Crippen LogP contribution >= 0.6 is 0 Å². The summed E-state index contributed by atoms with van der Waals surface area (Å²) < 4.78 is 36.5. The number of nitrogens with zero attached hydrogens (tertiary/aromatic N) is 2. The van der Waals surface area contributed by atoms with Gasteiger partial charge in [0.1, 0.15) is 5.25 Å². The van der Waals surface area contributed by atoms with Crippen molar-refractivity contribution in [2.45, 2.75) is 16.1 Å². The Bertz CT molecular complexity index is 1020. The van der Waals surface area contributed by atoms with Crippen LogP contribution in [0.5, 0.6) is 11.5 Å². The molecule has 1 aliphatic heterocycles. The fraction of sp³-hybridized carbons (Fsp3) is 0.222. The van der Waals surface area contributed by atoms with Gasteiger partial charge in [-0.05, 0) is 29.8 Å². The van der Waals surface area contributed by atoms with Crippen molar-refractivity contribution < 1.29 is 17.9 Å². The standard InChI is InChI=1S/C18H12N2O4S/c19-9-18(10-20)16(12-6-7-14-15(8-12)24-11-23-14)17(18)25(21,22)13-4-2-1-3-5-13/h1-8,16-17H,11H2/t16-,17+/m0/s1. The van der Waals surface area contributed by atoms with Crippen LogP contribution in [0.1, 0.15) is 11.5 Å². The van der Waals surface area contributed by atoms with E-state index in [1.165, 1.54) is 12.1 Å². The van der Waals surface area contributed by atoms with Gasteiger partial charge in [0.25, 0.3) is 0 Å². The van der Waals surface area contributed by atoms with E-state index in [9.17, 15) is 18.9 Å². The molecule has 4 rings (SSSR count). The van der Waals surface area contributed by atoms with Crippen molar-refractivity contribution in [1.29, 1.82) is 10.5 Å². The third-order valence-electron chi connectivity index (χ3n) is 4.66. The van der Waals surface area contributed by atoms with Crippen molar-refractivity contribution in [1.82, 2.24) is 0 Å². The largest absolute Gasteiger partial charge is 0.454 e. The van der Waals surface area contributed by atoms with E-state index >= 15 is 0 Å². The van der Waals surface area contributed by atoms with E-state index in [1.807, 2.05) is 12.1 Å². The number of benzene rings is 2. The molecule has 124 valence electrons. The molecule has 0 amide bonds. The average Bonchev–Trinajstić information content (AvgIpc) is 3.12. The van der Waals surface area contributed by atoms with Gasteiger partial charge in [-0.2, -0.15) is 10.5 Å². The van der Waals surface area contributed by atoms with Crippen molar-refractivity contribution in [2.24, 2.45) is 5.41 Å². The van der Waals surface area contributed by atoms with E-state index in [4.69, 9.17) is 9.47 Å². The Labute approximate surface area is 144 Å². The van der Waals surface area contributed by atoms with Gasteiger partial charge in [-0.1, -0.05) is 24.3 Å². The SMILES string of the molecule is N#CC1(C#N)[C@H](S(=O)(=O)c2ccccc2)[C@@H]1c1ccc2c(c1)OCO2. The minimum atomic E-state index is -3.83. The first-order valence-corrected chi connectivity index (χ1v) is 9.10. The zero-order chi connectivity index (χ0) is 17.7. The lowest BCUT2D eigenvalue weighted by Crippen LogP contribution is -2.14. The topological polar surface area (TPSA) is 100 Å². The molecule has 6 nitrogen and oxygen atoms in total. The van der Waals surface area contributed by atoms with Gasteiger partial charge in [0.2, 0.25) is 6.79 Å². The minimum absolute atomic E-state index is 0.0941. The van der Waals surface area contributed by atoms with E-state index in [2.05, 4.69) is 0 Å². The van der Waals surface area contributed by atoms with E-state index < -0.39 is 26.4 Å². The molecule has 0 unspecified atom stereocenters. The Morgan fingerprint density at radius 3 is 2.36 bits per heavy atom. The maximum absolute atomic E-state index is 13.0. The molecular weight excluding hydrogens is 340 g/mol. The minimum Gasteiger partial charge on any atom is -0.454 e. The molecular formula is C18H12N2O4S. The Balaban J connectivity index is 1.80. The van der Waals surface area contributed by atoms with Crippen molar-refractivity contribution in [3.8, 4) is 23.6 Å². The first kappa shape index (κ1) is 15.5. The number of hydrogen-bond donors (Lipinski definition) is 0. The van der Waals surface area contributed by atoms with Gasteiger partial charge in [0, 0.05) is 5.92 Å². The van der Waals surface area contributed by atoms with Crippen LogP contribution in [0.15, 0.2) is 53.4 Å². The normalized spacial score (nSPS) is 22.6. The quantitative estimate of drug-likeness (QED) is 0.841. The fourth-order valence-electron chi connectivity index (χ4n) is 3.37. The second-order valence-corrected chi connectivity index (χ2v) is 8.03. The van der Waals surface area contributed by atoms with E-state index in [0.717, 1.165) is 0 Å². The summed E-state index contributed by atoms with van der Waals surface area (Å²) in [5.74, 6) is 0.318. The summed E-state index contributed by atoms with van der Waals surface area (Å²) in [5, 5.41) is 18.0. The highest BCUT2D eigenvalue weighted by Gasteiger charge is 2.73. The molecule has 1 saturated carbocycles. The molecule has 1 fully saturated rings. The Morgan fingerprint density at radius 2 is 1.68 bits per heavy atom. The van der Waals surface area contributed by atoms with Crippen LogP contribution in [-0.4, -0.2) is 20.5 Å². The Morgan fingerprint density at radius 1 is 1.00 bits per heavy atom. The number of rotatable bonds is 3. The van der Waals surface area contributed by atoms with Gasteiger partial charge < -0.3 is 9.47 Å². The van der Waals surface area contributed by atoms with Gasteiger partial charge in [-0.25, -0.2) is 8.42 Å². The van der Waals surface area contributed by atoms with Crippen LogP contribution in [0, 0.1) is 28.1 Å². The van der Waals surface area contributed by atoms with Crippen LogP contribution in [0.3, 0.4) is 0 Å². The highest BCUT2D eigenvalue weighted by molar-refractivity contribution is 7.92. The van der Waals surface area contributed by atoms with Crippen LogP contribution < -0.4 is 9.47 Å². The summed E-state index contributed by atoms with van der Waals surface area (Å²) in [6.07, 6.45) is 0. The molecule has 0 N–H and O–H groups in total. The molecule has 0 spiro atoms. The molecule has 25 heavy (non-hydrogen) atoms. The fourth-order valence-corrected chi connectivity index (χ4v) is 5.60. The molecule has 0 radical (unpaired) electrons. The number of ether oxygens (including phenoxy) is 2. The molecule has 2 aliphatic rings. The zero-order valence-corrected chi connectivity index (χ0v) is 13.7. The molecule has 0 bridgehead atoms. The first-order valence-electron chi connectivity index (χ1n) is 7.55. The second kappa shape index (κ2) is 5.23. The van der Waals surface area contributed by atoms with Crippen LogP contribution in [0.2, 0.25) is 0 Å². The van der Waals surface area contributed by atoms with Crippen molar-refractivity contribution >= 4 is 9.84 Å². The predicted molar refractivity (Wildman–Crippen MR) is 86.4 cm³/mol. The van der Waals surface area contributed by atoms with Crippen molar-refractivity contribution in [3.63, 3.8) is 0 Å². The van der Waals surface area contributed by atoms with E-state index in [0.29, 0.717) is 17.1 Å². The van der Waals surface area contributed by atoms with Gasteiger partial charge in [-0.15, -0.1) is 0 Å². The molecule has 2 aromatic rings. The monoisotopic (exact) mass is 352 g/mol. The predicted octanol–water partition coefficient (Wildman–Crippen LogP) is 2.39. The Hall–Kier alpha value is -3.03. The Kier molecular flexibility index (Phi) is 3.24. The molecule has 0 aromatic heterocycles. The second-order valence-electron chi connectivity index (χ2n) is 5.96.